The second-order valence-corrected chi connectivity index (χ2v) is 4.95. The molecule has 1 unspecified atom stereocenters. The highest BCUT2D eigenvalue weighted by molar-refractivity contribution is 5.09. The van der Waals surface area contributed by atoms with Crippen molar-refractivity contribution in [3.8, 4) is 0 Å². The van der Waals surface area contributed by atoms with Gasteiger partial charge in [0.2, 0.25) is 0 Å². The van der Waals surface area contributed by atoms with E-state index < -0.39 is 0 Å². The van der Waals surface area contributed by atoms with E-state index in [-0.39, 0.29) is 0 Å². The number of allylic oxidation sites excluding steroid dienone is 1. The highest BCUT2D eigenvalue weighted by atomic mass is 14.5. The van der Waals surface area contributed by atoms with E-state index in [0.29, 0.717) is 12.0 Å². The van der Waals surface area contributed by atoms with E-state index in [9.17, 15) is 0 Å². The maximum atomic E-state index is 5.52. The van der Waals surface area contributed by atoms with Crippen LogP contribution in [0.4, 0.5) is 0 Å². The Kier molecular flexibility index (Phi) is 2.94. The largest absolute Gasteiger partial charge is 0.327 e. The van der Waals surface area contributed by atoms with Crippen LogP contribution in [-0.2, 0) is 0 Å². The Bertz CT molecular complexity index is 179. The molecule has 0 heterocycles. The van der Waals surface area contributed by atoms with Gasteiger partial charge in [0.15, 0.2) is 0 Å². The predicted octanol–water partition coefficient (Wildman–Crippen LogP) is 2.72. The van der Waals surface area contributed by atoms with Gasteiger partial charge < -0.3 is 5.73 Å². The molecule has 1 fully saturated rings. The van der Waals surface area contributed by atoms with Gasteiger partial charge in [-0.2, -0.15) is 0 Å². The molecule has 1 atom stereocenters. The average Bonchev–Trinajstić information content (AvgIpc) is 1.82. The third kappa shape index (κ3) is 2.63. The van der Waals surface area contributed by atoms with Crippen LogP contribution in [0.3, 0.4) is 0 Å². The summed E-state index contributed by atoms with van der Waals surface area (Å²) in [6.07, 6.45) is 6.07. The molecule has 2 N–H and O–H groups in total. The molecular weight excluding hydrogens is 146 g/mol. The molecule has 0 aromatic heterocycles. The lowest BCUT2D eigenvalue weighted by atomic mass is 9.70. The van der Waals surface area contributed by atoms with Crippen molar-refractivity contribution in [1.82, 2.24) is 0 Å². The molecule has 12 heavy (non-hydrogen) atoms. The average molecular weight is 167 g/mol. The van der Waals surface area contributed by atoms with Crippen molar-refractivity contribution in [1.29, 1.82) is 0 Å². The van der Waals surface area contributed by atoms with Crippen LogP contribution in [0.25, 0.3) is 0 Å². The minimum Gasteiger partial charge on any atom is -0.327 e. The molecule has 0 spiro atoms. The van der Waals surface area contributed by atoms with Gasteiger partial charge in [-0.25, -0.2) is 0 Å². The number of rotatable bonds is 1. The minimum atomic E-state index is 0.499. The lowest BCUT2D eigenvalue weighted by molar-refractivity contribution is 0.234. The molecule has 0 aromatic rings. The van der Waals surface area contributed by atoms with Crippen LogP contribution in [0.5, 0.6) is 0 Å². The van der Waals surface area contributed by atoms with Crippen molar-refractivity contribution in [3.05, 3.63) is 11.6 Å². The van der Waals surface area contributed by atoms with Crippen LogP contribution >= 0.6 is 0 Å². The first-order valence-electron chi connectivity index (χ1n) is 4.91. The van der Waals surface area contributed by atoms with Crippen molar-refractivity contribution >= 4 is 0 Å². The van der Waals surface area contributed by atoms with Crippen LogP contribution in [0, 0.1) is 11.3 Å². The molecule has 1 aliphatic rings. The number of hydrogen-bond acceptors (Lipinski definition) is 1. The molecule has 0 saturated heterocycles. The summed E-state index contributed by atoms with van der Waals surface area (Å²) in [5, 5.41) is 0. The van der Waals surface area contributed by atoms with E-state index in [1.807, 2.05) is 0 Å². The predicted molar refractivity (Wildman–Crippen MR) is 53.9 cm³/mol. The molecule has 0 amide bonds. The maximum absolute atomic E-state index is 5.52. The normalized spacial score (nSPS) is 32.3. The van der Waals surface area contributed by atoms with E-state index in [4.69, 9.17) is 5.73 Å². The molecule has 1 rings (SSSR count). The fraction of sp³-hybridized carbons (Fsp3) is 0.818. The zero-order valence-corrected chi connectivity index (χ0v) is 8.56. The first kappa shape index (κ1) is 9.79. The van der Waals surface area contributed by atoms with Gasteiger partial charge in [0.1, 0.15) is 0 Å². The van der Waals surface area contributed by atoms with Gasteiger partial charge in [-0.1, -0.05) is 32.4 Å². The van der Waals surface area contributed by atoms with Crippen LogP contribution in [0.1, 0.15) is 40.0 Å². The molecule has 1 aliphatic carbocycles. The first-order valence-corrected chi connectivity index (χ1v) is 4.91. The molecule has 1 heteroatoms. The summed E-state index contributed by atoms with van der Waals surface area (Å²) in [7, 11) is 0. The summed E-state index contributed by atoms with van der Waals surface area (Å²) < 4.78 is 0. The van der Waals surface area contributed by atoms with Crippen LogP contribution in [0.15, 0.2) is 11.6 Å². The summed E-state index contributed by atoms with van der Waals surface area (Å²) in [5.74, 6) is 0.839. The second kappa shape index (κ2) is 3.61. The Morgan fingerprint density at radius 1 is 1.58 bits per heavy atom. The molecule has 70 valence electrons. The topological polar surface area (TPSA) is 26.0 Å². The van der Waals surface area contributed by atoms with Crippen LogP contribution < -0.4 is 5.73 Å². The van der Waals surface area contributed by atoms with Crippen molar-refractivity contribution < 1.29 is 0 Å². The lowest BCUT2D eigenvalue weighted by Crippen LogP contribution is -2.23. The highest BCUT2D eigenvalue weighted by Crippen LogP contribution is 2.40. The Morgan fingerprint density at radius 2 is 2.25 bits per heavy atom. The molecule has 0 aliphatic heterocycles. The van der Waals surface area contributed by atoms with E-state index in [1.165, 1.54) is 19.3 Å². The molecule has 1 saturated carbocycles. The molecule has 1 nitrogen and oxygen atoms in total. The summed E-state index contributed by atoms with van der Waals surface area (Å²) in [6.45, 7) is 7.75. The summed E-state index contributed by atoms with van der Waals surface area (Å²) in [4.78, 5) is 0. The lowest BCUT2D eigenvalue weighted by Gasteiger charge is -2.35. The Hall–Kier alpha value is -0.300. The smallest absolute Gasteiger partial charge is 0.0109 e. The minimum absolute atomic E-state index is 0.499. The highest BCUT2D eigenvalue weighted by Gasteiger charge is 2.27. The quantitative estimate of drug-likeness (QED) is 0.597. The molecule has 0 aromatic carbocycles. The van der Waals surface area contributed by atoms with Crippen molar-refractivity contribution in [2.24, 2.45) is 17.1 Å². The third-order valence-corrected chi connectivity index (χ3v) is 2.62. The SMILES string of the molecule is CC1CC(=CCN)CC(C)(C)C1. The van der Waals surface area contributed by atoms with E-state index in [1.54, 1.807) is 5.57 Å². The van der Waals surface area contributed by atoms with Gasteiger partial charge in [-0.3, -0.25) is 0 Å². The van der Waals surface area contributed by atoms with E-state index >= 15 is 0 Å². The van der Waals surface area contributed by atoms with Gasteiger partial charge in [0.25, 0.3) is 0 Å². The zero-order valence-electron chi connectivity index (χ0n) is 8.56. The first-order chi connectivity index (χ1) is 5.53. The molecule has 0 bridgehead atoms. The van der Waals surface area contributed by atoms with Crippen LogP contribution in [-0.4, -0.2) is 6.54 Å². The van der Waals surface area contributed by atoms with Crippen molar-refractivity contribution in [2.75, 3.05) is 6.54 Å². The fourth-order valence-corrected chi connectivity index (χ4v) is 2.54. The Labute approximate surface area is 76.0 Å². The standard InChI is InChI=1S/C11H21N/c1-9-6-10(4-5-12)8-11(2,3)7-9/h4,9H,5-8,12H2,1-3H3. The molecular formula is C11H21N. The summed E-state index contributed by atoms with van der Waals surface area (Å²) in [5.41, 5.74) is 7.59. The van der Waals surface area contributed by atoms with Gasteiger partial charge in [0, 0.05) is 6.54 Å². The van der Waals surface area contributed by atoms with Gasteiger partial charge in [0.05, 0.1) is 0 Å². The van der Waals surface area contributed by atoms with Crippen molar-refractivity contribution in [2.45, 2.75) is 40.0 Å². The summed E-state index contributed by atoms with van der Waals surface area (Å²) in [6, 6.07) is 0. The maximum Gasteiger partial charge on any atom is 0.0109 e. The molecule has 0 radical (unpaired) electrons. The third-order valence-electron chi connectivity index (χ3n) is 2.62. The number of nitrogens with two attached hydrogens (primary N) is 1. The second-order valence-electron chi connectivity index (χ2n) is 4.95. The van der Waals surface area contributed by atoms with Crippen molar-refractivity contribution in [3.63, 3.8) is 0 Å². The van der Waals surface area contributed by atoms with E-state index in [2.05, 4.69) is 26.8 Å². The van der Waals surface area contributed by atoms with Gasteiger partial charge in [-0.15, -0.1) is 0 Å². The monoisotopic (exact) mass is 167 g/mol. The van der Waals surface area contributed by atoms with Gasteiger partial charge in [-0.05, 0) is 30.6 Å². The van der Waals surface area contributed by atoms with Gasteiger partial charge >= 0.3 is 0 Å². The zero-order chi connectivity index (χ0) is 9.19. The fourth-order valence-electron chi connectivity index (χ4n) is 2.54. The number of hydrogen-bond donors (Lipinski definition) is 1. The van der Waals surface area contributed by atoms with Crippen LogP contribution in [0.2, 0.25) is 0 Å². The van der Waals surface area contributed by atoms with E-state index in [0.717, 1.165) is 5.92 Å². The Balaban J connectivity index is 2.64. The summed E-state index contributed by atoms with van der Waals surface area (Å²) >= 11 is 0. The Morgan fingerprint density at radius 3 is 2.75 bits per heavy atom.